The molecule has 0 bridgehead atoms. The maximum absolute atomic E-state index is 13.9. The van der Waals surface area contributed by atoms with Crippen LogP contribution in [0.5, 0.6) is 0 Å². The number of hydrogen-bond acceptors (Lipinski definition) is 30. The molecule has 41 nitrogen and oxygen atoms in total. The summed E-state index contributed by atoms with van der Waals surface area (Å²) in [5, 5.41) is 10.8. The fraction of sp³-hybridized carbons (Fsp3) is 0.526. The summed E-state index contributed by atoms with van der Waals surface area (Å²) >= 11 is 0. The molecule has 6 aromatic heterocycles. The molecule has 4 saturated heterocycles. The average Bonchev–Trinajstić information content (AvgIpc) is 3.39. The number of H-pyrrole nitrogens is 2. The van der Waals surface area contributed by atoms with Crippen LogP contribution in [-0.2, 0) is 68.9 Å². The van der Waals surface area contributed by atoms with E-state index in [9.17, 15) is 67.0 Å². The van der Waals surface area contributed by atoms with Crippen molar-refractivity contribution in [2.45, 2.75) is 99.4 Å². The summed E-state index contributed by atoms with van der Waals surface area (Å²) in [6.07, 6.45) is -14.1. The van der Waals surface area contributed by atoms with Gasteiger partial charge in [-0.2, -0.15) is 19.9 Å². The molecule has 6 aromatic rings. The first-order chi connectivity index (χ1) is 39.1. The second-order valence-electron chi connectivity index (χ2n) is 18.7. The van der Waals surface area contributed by atoms with Crippen molar-refractivity contribution in [3.05, 3.63) is 78.9 Å². The van der Waals surface area contributed by atoms with Crippen LogP contribution in [0.2, 0.25) is 0 Å². The van der Waals surface area contributed by atoms with Crippen molar-refractivity contribution in [3.63, 3.8) is 0 Å². The Kier molecular flexibility index (Phi) is 16.9. The quantitative estimate of drug-likeness (QED) is 0.0306. The van der Waals surface area contributed by atoms with E-state index in [1.165, 1.54) is 33.8 Å². The number of ether oxygens (including phenoxy) is 4. The van der Waals surface area contributed by atoms with E-state index in [-0.39, 0.29) is 52.3 Å². The van der Waals surface area contributed by atoms with Crippen LogP contribution in [0.25, 0.3) is 22.3 Å². The summed E-state index contributed by atoms with van der Waals surface area (Å²) in [5.74, 6) is -0.904. The topological polar surface area (TPSA) is 592 Å². The summed E-state index contributed by atoms with van der Waals surface area (Å²) in [7, 11) is -21.2. The number of aliphatic hydroxyl groups excluding tert-OH is 1. The standard InChI is InChI=1S/C38H50N16O25P4/c39-23-1-3-51(37(58)45-23)26-6-16(77-81(63,64)70-9-19-15(55)5-25(73-19)53-13-43-29-31(53)47-35(41)49-33(29)56)21(74-26)11-71-82(65,66)78-17-7-27(52-4-2-24(40)46-38(52)59)75-22(17)12-72-83(67,68)79-18-8-28(76-20(18)10-69-80(60,61)62)54-14-44-30-32(54)48-36(42)50-34(30)57/h1-4,13-22,25-28,55H,5-12H2,(H,63,64)(H,65,66)(H,67,68)(H2,39,45,58)(H2,40,46,59)(H2,60,61,62)(H3,41,47,49,56)(H3,42,48,50,57)/t15-,16-,17-,18-,19+,20+,21+,22+,25+,26+,27+,28+/m0/s1. The Morgan fingerprint density at radius 3 is 1.25 bits per heavy atom. The van der Waals surface area contributed by atoms with Crippen molar-refractivity contribution in [2.24, 2.45) is 0 Å². The van der Waals surface area contributed by atoms with E-state index >= 15 is 0 Å². The van der Waals surface area contributed by atoms with E-state index in [1.54, 1.807) is 0 Å². The minimum Gasteiger partial charge on any atom is -0.390 e. The minimum atomic E-state index is -5.44. The predicted octanol–water partition coefficient (Wildman–Crippen LogP) is -2.78. The number of aromatic amines is 2. The van der Waals surface area contributed by atoms with E-state index in [1.807, 2.05) is 0 Å². The number of imidazole rings is 2. The molecule has 0 aliphatic carbocycles. The molecule has 0 aromatic carbocycles. The summed E-state index contributed by atoms with van der Waals surface area (Å²) in [5.41, 5.74) is 19.1. The van der Waals surface area contributed by atoms with E-state index in [4.69, 9.17) is 69.0 Å². The number of nitrogen functional groups attached to an aromatic ring is 4. The van der Waals surface area contributed by atoms with Crippen LogP contribution in [0, 0.1) is 0 Å². The van der Waals surface area contributed by atoms with Gasteiger partial charge in [0.1, 0.15) is 79.3 Å². The fourth-order valence-electron chi connectivity index (χ4n) is 9.31. The number of anilines is 4. The third kappa shape index (κ3) is 13.9. The largest absolute Gasteiger partial charge is 0.472 e. The van der Waals surface area contributed by atoms with Gasteiger partial charge in [0.05, 0.1) is 45.2 Å². The molecular weight excluding hydrogens is 1200 g/mol. The first kappa shape index (κ1) is 60.0. The number of nitrogens with two attached hydrogens (primary N) is 4. The molecule has 10 rings (SSSR count). The monoisotopic (exact) mass is 1250 g/mol. The van der Waals surface area contributed by atoms with Crippen molar-refractivity contribution < 1.29 is 98.4 Å². The number of aliphatic hydroxyl groups is 1. The Morgan fingerprint density at radius 2 is 0.867 bits per heavy atom. The number of phosphoric acid groups is 4. The molecule has 0 spiro atoms. The molecule has 452 valence electrons. The van der Waals surface area contributed by atoms with Crippen LogP contribution in [0.4, 0.5) is 23.5 Å². The number of nitrogens with one attached hydrogen (secondary N) is 2. The van der Waals surface area contributed by atoms with Gasteiger partial charge in [-0.3, -0.25) is 69.5 Å². The van der Waals surface area contributed by atoms with Crippen LogP contribution in [-0.4, -0.2) is 163 Å². The van der Waals surface area contributed by atoms with Crippen LogP contribution in [0.3, 0.4) is 0 Å². The van der Waals surface area contributed by atoms with E-state index in [0.717, 1.165) is 21.7 Å². The summed E-state index contributed by atoms with van der Waals surface area (Å²) < 4.78 is 118. The number of phosphoric ester groups is 4. The van der Waals surface area contributed by atoms with Crippen molar-refractivity contribution in [1.29, 1.82) is 0 Å². The lowest BCUT2D eigenvalue weighted by atomic mass is 10.2. The molecule has 0 saturated carbocycles. The van der Waals surface area contributed by atoms with Gasteiger partial charge < -0.3 is 71.5 Å². The second-order valence-corrected chi connectivity index (χ2v) is 24.1. The zero-order valence-corrected chi connectivity index (χ0v) is 45.6. The van der Waals surface area contributed by atoms with Crippen molar-refractivity contribution in [3.8, 4) is 0 Å². The van der Waals surface area contributed by atoms with Gasteiger partial charge in [0.25, 0.3) is 11.1 Å². The van der Waals surface area contributed by atoms with E-state index < -0.39 is 173 Å². The SMILES string of the molecule is Nc1ccn([C@H]2C[C@H](OP(=O)(O)OC[C@H]3O[C@@H](n4cnc5c(=O)[nH]c(N)nc54)C[C@@H]3O)[C@@H](COP(=O)(O)O[C@H]3C[C@H](n4ccc(N)nc4=O)O[C@@H]3COP(=O)(O)O[C@H]3C[C@H](n4cnc5c(=O)[nH]c(N)nc54)O[C@@H]3COP(=O)(O)O)O2)c(=O)n1. The molecule has 3 unspecified atom stereocenters. The van der Waals surface area contributed by atoms with Gasteiger partial charge in [0.15, 0.2) is 22.3 Å². The average molecular weight is 1250 g/mol. The number of fused-ring (bicyclic) bond motifs is 2. The van der Waals surface area contributed by atoms with E-state index in [2.05, 4.69) is 44.4 Å². The smallest absolute Gasteiger partial charge is 0.390 e. The molecule has 83 heavy (non-hydrogen) atoms. The van der Waals surface area contributed by atoms with Crippen LogP contribution < -0.4 is 45.4 Å². The minimum absolute atomic E-state index is 0.0207. The predicted molar refractivity (Wildman–Crippen MR) is 271 cm³/mol. The summed E-state index contributed by atoms with van der Waals surface area (Å²) in [6, 6.07) is 2.44. The van der Waals surface area contributed by atoms with Crippen molar-refractivity contribution >= 4 is 77.2 Å². The molecule has 4 aliphatic rings. The maximum Gasteiger partial charge on any atom is 0.472 e. The summed E-state index contributed by atoms with van der Waals surface area (Å²) in [4.78, 5) is 131. The van der Waals surface area contributed by atoms with E-state index in [0.29, 0.717) is 0 Å². The highest BCUT2D eigenvalue weighted by Gasteiger charge is 2.49. The van der Waals surface area contributed by atoms with Gasteiger partial charge in [-0.25, -0.2) is 37.8 Å². The number of hydrogen-bond donors (Lipinski definition) is 12. The highest BCUT2D eigenvalue weighted by atomic mass is 31.2. The van der Waals surface area contributed by atoms with Gasteiger partial charge in [0, 0.05) is 38.1 Å². The second kappa shape index (κ2) is 23.4. The molecule has 16 N–H and O–H groups in total. The maximum atomic E-state index is 13.9. The molecule has 4 fully saturated rings. The van der Waals surface area contributed by atoms with Crippen LogP contribution in [0.15, 0.2) is 56.4 Å². The lowest BCUT2D eigenvalue weighted by Crippen LogP contribution is -2.32. The van der Waals surface area contributed by atoms with Crippen LogP contribution in [0.1, 0.15) is 50.6 Å². The molecule has 15 atom stereocenters. The Bertz CT molecular complexity index is 3860. The van der Waals surface area contributed by atoms with Gasteiger partial charge in [-0.1, -0.05) is 0 Å². The Labute approximate surface area is 460 Å². The van der Waals surface area contributed by atoms with Crippen molar-refractivity contribution in [2.75, 3.05) is 49.4 Å². The molecule has 0 amide bonds. The van der Waals surface area contributed by atoms with Gasteiger partial charge in [-0.15, -0.1) is 0 Å². The van der Waals surface area contributed by atoms with Crippen LogP contribution >= 0.6 is 31.3 Å². The Morgan fingerprint density at radius 1 is 0.518 bits per heavy atom. The Balaban J connectivity index is 0.820. The lowest BCUT2D eigenvalue weighted by molar-refractivity contribution is -0.0633. The molecule has 45 heteroatoms. The van der Waals surface area contributed by atoms with Crippen molar-refractivity contribution in [1.82, 2.24) is 58.1 Å². The zero-order chi connectivity index (χ0) is 59.5. The molecule has 4 aliphatic heterocycles. The third-order valence-corrected chi connectivity index (χ3v) is 16.5. The normalized spacial score (nSPS) is 28.9. The highest BCUT2D eigenvalue weighted by molar-refractivity contribution is 7.48. The van der Waals surface area contributed by atoms with Gasteiger partial charge in [0.2, 0.25) is 11.9 Å². The molecule has 10 heterocycles. The zero-order valence-electron chi connectivity index (χ0n) is 42.1. The highest BCUT2D eigenvalue weighted by Crippen LogP contribution is 2.54. The third-order valence-electron chi connectivity index (χ3n) is 13.0. The molecule has 0 radical (unpaired) electrons. The Hall–Kier alpha value is -6.10. The lowest BCUT2D eigenvalue weighted by Gasteiger charge is -2.25. The number of aromatic nitrogens is 12. The number of rotatable bonds is 22. The number of nitrogens with zero attached hydrogens (tertiary/aromatic N) is 10. The first-order valence-corrected chi connectivity index (χ1v) is 30.2. The van der Waals surface area contributed by atoms with Gasteiger partial charge >= 0.3 is 42.7 Å². The first-order valence-electron chi connectivity index (χ1n) is 24.2. The molecular formula is C38H50N16O25P4. The summed E-state index contributed by atoms with van der Waals surface area (Å²) in [6.45, 7) is -3.73. The van der Waals surface area contributed by atoms with Gasteiger partial charge in [-0.05, 0) is 12.1 Å². The fourth-order valence-corrected chi connectivity index (χ4v) is 12.5.